The third-order valence-corrected chi connectivity index (χ3v) is 3.95. The number of nitrogens with zero attached hydrogens (tertiary/aromatic N) is 2. The zero-order valence-corrected chi connectivity index (χ0v) is 13.4. The minimum atomic E-state index is -4.32. The van der Waals surface area contributed by atoms with E-state index in [-0.39, 0.29) is 6.04 Å². The Hall–Kier alpha value is -2.50. The fourth-order valence-corrected chi connectivity index (χ4v) is 2.86. The van der Waals surface area contributed by atoms with Gasteiger partial charge in [0.05, 0.1) is 16.6 Å². The summed E-state index contributed by atoms with van der Waals surface area (Å²) in [4.78, 5) is 4.62. The van der Waals surface area contributed by atoms with E-state index < -0.39 is 11.7 Å². The lowest BCUT2D eigenvalue weighted by Gasteiger charge is -2.13. The van der Waals surface area contributed by atoms with Gasteiger partial charge in [-0.15, -0.1) is 0 Å². The molecule has 2 aromatic carbocycles. The molecule has 1 heterocycles. The van der Waals surface area contributed by atoms with Crippen LogP contribution in [-0.4, -0.2) is 9.55 Å². The zero-order chi connectivity index (χ0) is 17.5. The second-order valence-corrected chi connectivity index (χ2v) is 6.11. The first-order valence-corrected chi connectivity index (χ1v) is 7.68. The molecule has 0 spiro atoms. The molecule has 0 saturated carbocycles. The van der Waals surface area contributed by atoms with Crippen LogP contribution in [0.25, 0.3) is 11.0 Å². The first kappa shape index (κ1) is 16.4. The summed E-state index contributed by atoms with van der Waals surface area (Å²) in [6.07, 6.45) is -3.86. The summed E-state index contributed by atoms with van der Waals surface area (Å²) in [5.74, 6) is 0.811. The summed E-state index contributed by atoms with van der Waals surface area (Å²) in [6.45, 7) is 4.10. The third kappa shape index (κ3) is 3.09. The zero-order valence-electron chi connectivity index (χ0n) is 13.4. The smallest absolute Gasteiger partial charge is 0.399 e. The maximum atomic E-state index is 12.7. The normalized spacial score (nSPS) is 12.2. The Bertz CT molecular complexity index is 862. The molecule has 3 rings (SSSR count). The van der Waals surface area contributed by atoms with Gasteiger partial charge in [-0.25, -0.2) is 4.98 Å². The van der Waals surface area contributed by atoms with Gasteiger partial charge in [-0.3, -0.25) is 0 Å². The molecule has 0 atom stereocenters. The van der Waals surface area contributed by atoms with Gasteiger partial charge in [0, 0.05) is 18.2 Å². The molecular formula is C18H18F3N3. The lowest BCUT2D eigenvalue weighted by Crippen LogP contribution is -2.08. The number of nitrogens with two attached hydrogens (primary N) is 1. The van der Waals surface area contributed by atoms with Crippen molar-refractivity contribution in [3.63, 3.8) is 0 Å². The van der Waals surface area contributed by atoms with Gasteiger partial charge in [0.25, 0.3) is 0 Å². The standard InChI is InChI=1S/C18H18F3N3/c1-11(2)24-16-8-7-14(22)10-15(16)23-17(24)9-12-3-5-13(6-4-12)18(19,20)21/h3-8,10-11H,9,22H2,1-2H3. The van der Waals surface area contributed by atoms with Crippen molar-refractivity contribution in [1.82, 2.24) is 9.55 Å². The van der Waals surface area contributed by atoms with Crippen molar-refractivity contribution in [2.24, 2.45) is 0 Å². The Balaban J connectivity index is 1.99. The van der Waals surface area contributed by atoms with E-state index in [2.05, 4.69) is 9.55 Å². The first-order chi connectivity index (χ1) is 11.3. The first-order valence-electron chi connectivity index (χ1n) is 7.68. The van der Waals surface area contributed by atoms with Crippen molar-refractivity contribution in [3.05, 3.63) is 59.4 Å². The van der Waals surface area contributed by atoms with Gasteiger partial charge in [-0.2, -0.15) is 13.2 Å². The molecule has 0 unspecified atom stereocenters. The topological polar surface area (TPSA) is 43.8 Å². The van der Waals surface area contributed by atoms with Gasteiger partial charge in [-0.1, -0.05) is 12.1 Å². The van der Waals surface area contributed by atoms with Gasteiger partial charge in [-0.05, 0) is 49.7 Å². The second kappa shape index (κ2) is 5.85. The number of nitrogen functional groups attached to an aromatic ring is 1. The molecule has 3 nitrogen and oxygen atoms in total. The van der Waals surface area contributed by atoms with Crippen LogP contribution in [0.3, 0.4) is 0 Å². The van der Waals surface area contributed by atoms with Gasteiger partial charge >= 0.3 is 6.18 Å². The molecule has 126 valence electrons. The van der Waals surface area contributed by atoms with E-state index in [4.69, 9.17) is 5.73 Å². The molecule has 6 heteroatoms. The van der Waals surface area contributed by atoms with E-state index in [1.807, 2.05) is 32.0 Å². The number of fused-ring (bicyclic) bond motifs is 1. The summed E-state index contributed by atoms with van der Waals surface area (Å²) < 4.78 is 40.1. The number of anilines is 1. The number of aromatic nitrogens is 2. The van der Waals surface area contributed by atoms with Crippen LogP contribution in [0.5, 0.6) is 0 Å². The maximum Gasteiger partial charge on any atom is 0.416 e. The molecule has 0 aliphatic carbocycles. The summed E-state index contributed by atoms with van der Waals surface area (Å²) in [5.41, 5.74) is 8.36. The van der Waals surface area contributed by atoms with Crippen molar-refractivity contribution >= 4 is 16.7 Å². The van der Waals surface area contributed by atoms with E-state index in [1.165, 1.54) is 12.1 Å². The molecule has 0 radical (unpaired) electrons. The summed E-state index contributed by atoms with van der Waals surface area (Å²) in [7, 11) is 0. The molecule has 2 N–H and O–H groups in total. The second-order valence-electron chi connectivity index (χ2n) is 6.11. The molecular weight excluding hydrogens is 315 g/mol. The number of imidazole rings is 1. The number of rotatable bonds is 3. The third-order valence-electron chi connectivity index (χ3n) is 3.95. The SMILES string of the molecule is CC(C)n1c(Cc2ccc(C(F)(F)F)cc2)nc2cc(N)ccc21. The Kier molecular flexibility index (Phi) is 3.99. The number of hydrogen-bond acceptors (Lipinski definition) is 2. The van der Waals surface area contributed by atoms with E-state index in [0.29, 0.717) is 12.1 Å². The van der Waals surface area contributed by atoms with Crippen LogP contribution < -0.4 is 5.73 Å². The highest BCUT2D eigenvalue weighted by Gasteiger charge is 2.30. The highest BCUT2D eigenvalue weighted by atomic mass is 19.4. The van der Waals surface area contributed by atoms with Crippen molar-refractivity contribution < 1.29 is 13.2 Å². The number of alkyl halides is 3. The lowest BCUT2D eigenvalue weighted by atomic mass is 10.1. The Labute approximate surface area is 137 Å². The predicted molar refractivity (Wildman–Crippen MR) is 88.8 cm³/mol. The summed E-state index contributed by atoms with van der Waals surface area (Å²) in [5, 5.41) is 0. The van der Waals surface area contributed by atoms with E-state index >= 15 is 0 Å². The van der Waals surface area contributed by atoms with Crippen molar-refractivity contribution in [2.75, 3.05) is 5.73 Å². The quantitative estimate of drug-likeness (QED) is 0.699. The molecule has 0 saturated heterocycles. The van der Waals surface area contributed by atoms with Crippen LogP contribution in [0.4, 0.5) is 18.9 Å². The van der Waals surface area contributed by atoms with Gasteiger partial charge in [0.2, 0.25) is 0 Å². The molecule has 0 amide bonds. The van der Waals surface area contributed by atoms with Crippen LogP contribution in [-0.2, 0) is 12.6 Å². The number of halogens is 3. The van der Waals surface area contributed by atoms with Gasteiger partial charge in [0.1, 0.15) is 5.82 Å². The van der Waals surface area contributed by atoms with Crippen molar-refractivity contribution in [3.8, 4) is 0 Å². The fourth-order valence-electron chi connectivity index (χ4n) is 2.86. The summed E-state index contributed by atoms with van der Waals surface area (Å²) in [6, 6.07) is 11.0. The van der Waals surface area contributed by atoms with E-state index in [0.717, 1.165) is 34.6 Å². The highest BCUT2D eigenvalue weighted by molar-refractivity contribution is 5.80. The van der Waals surface area contributed by atoms with Crippen molar-refractivity contribution in [1.29, 1.82) is 0 Å². The van der Waals surface area contributed by atoms with E-state index in [1.54, 1.807) is 0 Å². The van der Waals surface area contributed by atoms with Crippen LogP contribution in [0.15, 0.2) is 42.5 Å². The van der Waals surface area contributed by atoms with E-state index in [9.17, 15) is 13.2 Å². The molecule has 1 aromatic heterocycles. The van der Waals surface area contributed by atoms with Crippen LogP contribution in [0.1, 0.15) is 36.8 Å². The van der Waals surface area contributed by atoms with Crippen LogP contribution >= 0.6 is 0 Å². The largest absolute Gasteiger partial charge is 0.416 e. The maximum absolute atomic E-state index is 12.7. The summed E-state index contributed by atoms with van der Waals surface area (Å²) >= 11 is 0. The highest BCUT2D eigenvalue weighted by Crippen LogP contribution is 2.30. The van der Waals surface area contributed by atoms with Gasteiger partial charge < -0.3 is 10.3 Å². The Morgan fingerprint density at radius 1 is 1.08 bits per heavy atom. The van der Waals surface area contributed by atoms with Crippen molar-refractivity contribution in [2.45, 2.75) is 32.5 Å². The molecule has 0 aliphatic rings. The average molecular weight is 333 g/mol. The minimum absolute atomic E-state index is 0.183. The molecule has 0 fully saturated rings. The molecule has 0 bridgehead atoms. The van der Waals surface area contributed by atoms with Crippen LogP contribution in [0, 0.1) is 0 Å². The monoisotopic (exact) mass is 333 g/mol. The Morgan fingerprint density at radius 2 is 1.75 bits per heavy atom. The van der Waals surface area contributed by atoms with Crippen LogP contribution in [0.2, 0.25) is 0 Å². The average Bonchev–Trinajstić information content (AvgIpc) is 2.83. The fraction of sp³-hybridized carbons (Fsp3) is 0.278. The number of benzene rings is 2. The predicted octanol–water partition coefficient (Wildman–Crippen LogP) is 4.81. The molecule has 24 heavy (non-hydrogen) atoms. The molecule has 3 aromatic rings. The van der Waals surface area contributed by atoms with Gasteiger partial charge in [0.15, 0.2) is 0 Å². The lowest BCUT2D eigenvalue weighted by molar-refractivity contribution is -0.137. The Morgan fingerprint density at radius 3 is 2.33 bits per heavy atom. The number of hydrogen-bond donors (Lipinski definition) is 1. The molecule has 0 aliphatic heterocycles. The minimum Gasteiger partial charge on any atom is -0.399 e.